The molecule has 0 unspecified atom stereocenters. The molecular weight excluding hydrogens is 244 g/mol. The van der Waals surface area contributed by atoms with E-state index in [4.69, 9.17) is 10.2 Å². The van der Waals surface area contributed by atoms with Gasteiger partial charge in [0.1, 0.15) is 17.7 Å². The molecule has 0 saturated heterocycles. The minimum absolute atomic E-state index is 0.489. The van der Waals surface area contributed by atoms with Crippen LogP contribution in [-0.4, -0.2) is 26.3 Å². The molecule has 98 valence electrons. The van der Waals surface area contributed by atoms with Crippen LogP contribution in [0.15, 0.2) is 28.9 Å². The summed E-state index contributed by atoms with van der Waals surface area (Å²) in [5.74, 6) is 0.910. The van der Waals surface area contributed by atoms with Gasteiger partial charge in [-0.05, 0) is 12.1 Å². The summed E-state index contributed by atoms with van der Waals surface area (Å²) in [4.78, 5) is 4.32. The fourth-order valence-electron chi connectivity index (χ4n) is 1.83. The number of nitrogens with one attached hydrogen (secondary N) is 1. The highest BCUT2D eigenvalue weighted by Gasteiger charge is 2.06. The van der Waals surface area contributed by atoms with Crippen LogP contribution in [0.2, 0.25) is 0 Å². The van der Waals surface area contributed by atoms with Crippen molar-refractivity contribution in [1.82, 2.24) is 19.7 Å². The molecule has 3 N–H and O–H groups in total. The lowest BCUT2D eigenvalue weighted by molar-refractivity contribution is 0.613. The number of nitrogens with zero attached hydrogens (tertiary/aromatic N) is 4. The number of aryl methyl sites for hydroxylation is 1. The minimum Gasteiger partial charge on any atom is -0.423 e. The first-order valence-electron chi connectivity index (χ1n) is 5.95. The Hall–Kier alpha value is -2.57. The highest BCUT2D eigenvalue weighted by Crippen LogP contribution is 2.20. The molecule has 0 bridgehead atoms. The second-order valence-electron chi connectivity index (χ2n) is 4.28. The third-order valence-corrected chi connectivity index (χ3v) is 2.84. The Kier molecular flexibility index (Phi) is 2.79. The number of aromatic nitrogens is 4. The number of fused-ring (bicyclic) bond motifs is 1. The Morgan fingerprint density at radius 1 is 1.42 bits per heavy atom. The highest BCUT2D eigenvalue weighted by molar-refractivity contribution is 5.78. The van der Waals surface area contributed by atoms with Crippen LogP contribution in [0.1, 0.15) is 5.82 Å². The summed E-state index contributed by atoms with van der Waals surface area (Å²) >= 11 is 0. The highest BCUT2D eigenvalue weighted by atomic mass is 16.4. The normalized spacial score (nSPS) is 11.0. The Labute approximate surface area is 109 Å². The Balaban J connectivity index is 1.67. The fourth-order valence-corrected chi connectivity index (χ4v) is 1.83. The molecule has 0 spiro atoms. The predicted octanol–water partition coefficient (Wildman–Crippen LogP) is 1.19. The molecule has 0 radical (unpaired) electrons. The van der Waals surface area contributed by atoms with E-state index < -0.39 is 0 Å². The maximum Gasteiger partial charge on any atom is 0.295 e. The summed E-state index contributed by atoms with van der Waals surface area (Å²) in [6.45, 7) is 0.675. The van der Waals surface area contributed by atoms with Gasteiger partial charge < -0.3 is 20.0 Å². The summed E-state index contributed by atoms with van der Waals surface area (Å²) in [5.41, 5.74) is 7.82. The lowest BCUT2D eigenvalue weighted by Gasteiger charge is -2.00. The molecule has 1 aromatic carbocycles. The summed E-state index contributed by atoms with van der Waals surface area (Å²) < 4.78 is 7.44. The van der Waals surface area contributed by atoms with E-state index in [1.54, 1.807) is 18.5 Å². The molecule has 7 nitrogen and oxygen atoms in total. The Morgan fingerprint density at radius 2 is 2.32 bits per heavy atom. The summed E-state index contributed by atoms with van der Waals surface area (Å²) in [7, 11) is 1.91. The van der Waals surface area contributed by atoms with Gasteiger partial charge >= 0.3 is 0 Å². The quantitative estimate of drug-likeness (QED) is 0.683. The van der Waals surface area contributed by atoms with Crippen LogP contribution in [-0.2, 0) is 13.5 Å². The predicted molar refractivity (Wildman–Crippen MR) is 71.6 cm³/mol. The SMILES string of the molecule is Cn1cnnc1CCNc1nc2ccc(N)cc2o1. The van der Waals surface area contributed by atoms with Crippen molar-refractivity contribution in [3.8, 4) is 0 Å². The molecule has 0 atom stereocenters. The van der Waals surface area contributed by atoms with Crippen LogP contribution in [0.3, 0.4) is 0 Å². The average molecular weight is 258 g/mol. The number of hydrogen-bond donors (Lipinski definition) is 2. The first-order valence-corrected chi connectivity index (χ1v) is 5.95. The molecule has 0 amide bonds. The van der Waals surface area contributed by atoms with Crippen molar-refractivity contribution in [3.63, 3.8) is 0 Å². The maximum absolute atomic E-state index is 5.69. The van der Waals surface area contributed by atoms with Gasteiger partial charge in [0.15, 0.2) is 5.58 Å². The van der Waals surface area contributed by atoms with Gasteiger partial charge in [-0.1, -0.05) is 0 Å². The molecule has 0 saturated carbocycles. The van der Waals surface area contributed by atoms with Crippen molar-refractivity contribution in [3.05, 3.63) is 30.4 Å². The monoisotopic (exact) mass is 258 g/mol. The average Bonchev–Trinajstić information content (AvgIpc) is 2.95. The Morgan fingerprint density at radius 3 is 3.11 bits per heavy atom. The molecule has 3 rings (SSSR count). The number of oxazole rings is 1. The first kappa shape index (κ1) is 11.5. The third kappa shape index (κ3) is 2.35. The van der Waals surface area contributed by atoms with Crippen LogP contribution in [0.5, 0.6) is 0 Å². The summed E-state index contributed by atoms with van der Waals surface area (Å²) in [5, 5.41) is 11.0. The van der Waals surface area contributed by atoms with E-state index in [0.29, 0.717) is 23.8 Å². The van der Waals surface area contributed by atoms with Crippen molar-refractivity contribution >= 4 is 22.8 Å². The number of rotatable bonds is 4. The van der Waals surface area contributed by atoms with Crippen LogP contribution in [0.25, 0.3) is 11.1 Å². The standard InChI is InChI=1S/C12H14N6O/c1-18-7-15-17-11(18)4-5-14-12-16-9-3-2-8(13)6-10(9)19-12/h2-3,6-7H,4-5,13H2,1H3,(H,14,16). The lowest BCUT2D eigenvalue weighted by Crippen LogP contribution is -2.08. The Bertz CT molecular complexity index is 701. The zero-order valence-corrected chi connectivity index (χ0v) is 10.5. The van der Waals surface area contributed by atoms with E-state index in [1.165, 1.54) is 0 Å². The van der Waals surface area contributed by atoms with E-state index in [2.05, 4.69) is 20.5 Å². The van der Waals surface area contributed by atoms with Crippen LogP contribution in [0, 0.1) is 0 Å². The van der Waals surface area contributed by atoms with E-state index in [0.717, 1.165) is 17.8 Å². The van der Waals surface area contributed by atoms with Crippen molar-refractivity contribution in [2.24, 2.45) is 7.05 Å². The molecule has 2 heterocycles. The van der Waals surface area contributed by atoms with Gasteiger partial charge in [-0.3, -0.25) is 0 Å². The van der Waals surface area contributed by atoms with Gasteiger partial charge in [-0.2, -0.15) is 4.98 Å². The molecule has 0 fully saturated rings. The van der Waals surface area contributed by atoms with E-state index in [-0.39, 0.29) is 0 Å². The number of anilines is 2. The van der Waals surface area contributed by atoms with Crippen molar-refractivity contribution in [2.75, 3.05) is 17.6 Å². The zero-order valence-electron chi connectivity index (χ0n) is 10.5. The molecule has 7 heteroatoms. The van der Waals surface area contributed by atoms with Crippen molar-refractivity contribution < 1.29 is 4.42 Å². The number of nitrogens with two attached hydrogens (primary N) is 1. The van der Waals surface area contributed by atoms with Gasteiger partial charge in [0.2, 0.25) is 0 Å². The largest absolute Gasteiger partial charge is 0.423 e. The van der Waals surface area contributed by atoms with Gasteiger partial charge in [-0.15, -0.1) is 10.2 Å². The zero-order chi connectivity index (χ0) is 13.2. The third-order valence-electron chi connectivity index (χ3n) is 2.84. The van der Waals surface area contributed by atoms with E-state index >= 15 is 0 Å². The molecule has 3 aromatic rings. The van der Waals surface area contributed by atoms with Crippen LogP contribution < -0.4 is 11.1 Å². The molecule has 0 aliphatic heterocycles. The first-order chi connectivity index (χ1) is 9.22. The summed E-state index contributed by atoms with van der Waals surface area (Å²) in [6.07, 6.45) is 2.43. The molecule has 2 aromatic heterocycles. The molecule has 0 aliphatic rings. The second-order valence-corrected chi connectivity index (χ2v) is 4.28. The van der Waals surface area contributed by atoms with Crippen molar-refractivity contribution in [2.45, 2.75) is 6.42 Å². The number of benzene rings is 1. The lowest BCUT2D eigenvalue weighted by atomic mass is 10.3. The van der Waals surface area contributed by atoms with Gasteiger partial charge in [0.05, 0.1) is 0 Å². The van der Waals surface area contributed by atoms with Crippen LogP contribution >= 0.6 is 0 Å². The van der Waals surface area contributed by atoms with Crippen LogP contribution in [0.4, 0.5) is 11.7 Å². The fraction of sp³-hybridized carbons (Fsp3) is 0.250. The van der Waals surface area contributed by atoms with E-state index in [9.17, 15) is 0 Å². The molecular formula is C12H14N6O. The number of nitrogen functional groups attached to an aromatic ring is 1. The van der Waals surface area contributed by atoms with Gasteiger partial charge in [0, 0.05) is 31.8 Å². The smallest absolute Gasteiger partial charge is 0.295 e. The molecule has 19 heavy (non-hydrogen) atoms. The molecule has 0 aliphatic carbocycles. The second kappa shape index (κ2) is 4.60. The van der Waals surface area contributed by atoms with E-state index in [1.807, 2.05) is 17.7 Å². The van der Waals surface area contributed by atoms with Gasteiger partial charge in [-0.25, -0.2) is 0 Å². The minimum atomic E-state index is 0.489. The maximum atomic E-state index is 5.69. The summed E-state index contributed by atoms with van der Waals surface area (Å²) in [6, 6.07) is 5.88. The van der Waals surface area contributed by atoms with Crippen molar-refractivity contribution in [1.29, 1.82) is 0 Å². The number of hydrogen-bond acceptors (Lipinski definition) is 6. The van der Waals surface area contributed by atoms with Gasteiger partial charge in [0.25, 0.3) is 6.01 Å². The topological polar surface area (TPSA) is 94.8 Å².